The third kappa shape index (κ3) is 5.52. The summed E-state index contributed by atoms with van der Waals surface area (Å²) in [6, 6.07) is 19.9. The Kier molecular flexibility index (Phi) is 9.56. The zero-order chi connectivity index (χ0) is 20.7. The van der Waals surface area contributed by atoms with Gasteiger partial charge in [-0.3, -0.25) is 9.69 Å². The molecule has 1 heterocycles. The number of likely N-dealkylation sites (tertiary alicyclic amines) is 1. The first-order valence-electron chi connectivity index (χ1n) is 10.3. The van der Waals surface area contributed by atoms with Crippen LogP contribution in [0, 0.1) is 0 Å². The predicted molar refractivity (Wildman–Crippen MR) is 122 cm³/mol. The molecule has 0 unspecified atom stereocenters. The van der Waals surface area contributed by atoms with Gasteiger partial charge in [-0.05, 0) is 37.0 Å². The number of carbonyl (C=O) groups is 2. The molecule has 6 heteroatoms. The van der Waals surface area contributed by atoms with Gasteiger partial charge in [0.1, 0.15) is 5.54 Å². The van der Waals surface area contributed by atoms with Crippen LogP contribution in [0.1, 0.15) is 31.7 Å². The minimum absolute atomic E-state index is 0. The molecule has 3 rings (SSSR count). The van der Waals surface area contributed by atoms with E-state index in [0.717, 1.165) is 31.7 Å². The van der Waals surface area contributed by atoms with E-state index < -0.39 is 5.54 Å². The zero-order valence-electron chi connectivity index (χ0n) is 17.3. The van der Waals surface area contributed by atoms with Crippen LogP contribution < -0.4 is 4.90 Å². The van der Waals surface area contributed by atoms with E-state index in [1.165, 1.54) is 12.7 Å². The average molecular weight is 419 g/mol. The van der Waals surface area contributed by atoms with Gasteiger partial charge in [0.25, 0.3) is 0 Å². The number of hydrogen-bond donors (Lipinski definition) is 0. The van der Waals surface area contributed by atoms with Crippen LogP contribution >= 0.6 is 0 Å². The second-order valence-electron chi connectivity index (χ2n) is 7.52. The molecule has 0 bridgehead atoms. The van der Waals surface area contributed by atoms with Gasteiger partial charge in [-0.25, -0.2) is 4.79 Å². The topological polar surface area (TPSA) is 49.9 Å². The van der Waals surface area contributed by atoms with E-state index >= 15 is 0 Å². The molecule has 0 N–H and O–H groups in total. The number of benzene rings is 2. The van der Waals surface area contributed by atoms with Crippen molar-refractivity contribution in [3.05, 3.63) is 66.2 Å². The van der Waals surface area contributed by atoms with Gasteiger partial charge in [0.2, 0.25) is 5.91 Å². The number of amides is 1. The number of hydrogen-bond acceptors (Lipinski definition) is 4. The fourth-order valence-electron chi connectivity index (χ4n) is 4.15. The van der Waals surface area contributed by atoms with Gasteiger partial charge in [-0.1, -0.05) is 55.5 Å². The molecule has 1 saturated heterocycles. The zero-order valence-corrected chi connectivity index (χ0v) is 17.3. The Hall–Kier alpha value is -1.66. The van der Waals surface area contributed by atoms with Crippen LogP contribution in [0.3, 0.4) is 0 Å². The first kappa shape index (κ1) is 24.6. The first-order valence-corrected chi connectivity index (χ1v) is 10.3. The number of ether oxygens (including phenoxy) is 1. The third-order valence-electron chi connectivity index (χ3n) is 5.80. The molecule has 0 atom stereocenters. The molecule has 2 aromatic rings. The van der Waals surface area contributed by atoms with Crippen LogP contribution in [0.2, 0.25) is 0 Å². The number of para-hydroxylation sites is 1. The van der Waals surface area contributed by atoms with E-state index in [4.69, 9.17) is 4.74 Å². The van der Waals surface area contributed by atoms with E-state index in [1.807, 2.05) is 43.3 Å². The summed E-state index contributed by atoms with van der Waals surface area (Å²) in [6.07, 6.45) is 2.44. The van der Waals surface area contributed by atoms with Gasteiger partial charge in [0.05, 0.1) is 7.11 Å². The van der Waals surface area contributed by atoms with Gasteiger partial charge >= 0.3 is 35.5 Å². The van der Waals surface area contributed by atoms with Crippen LogP contribution in [0.15, 0.2) is 60.7 Å². The second-order valence-corrected chi connectivity index (χ2v) is 7.52. The quantitative estimate of drug-likeness (QED) is 0.512. The standard InChI is InChI=1S/C24H30N2O3.Na.H/c1-3-22(27)26(21-12-8-5-9-13-21)24(23(28)29-2)15-18-25(19-16-24)17-14-20-10-6-4-7-11-20;;/h4-13H,3,14-19H2,1-2H3;;. The van der Waals surface area contributed by atoms with Gasteiger partial charge < -0.3 is 9.64 Å². The summed E-state index contributed by atoms with van der Waals surface area (Å²) < 4.78 is 5.20. The van der Waals surface area contributed by atoms with Crippen molar-refractivity contribution in [3.63, 3.8) is 0 Å². The van der Waals surface area contributed by atoms with Gasteiger partial charge in [0.15, 0.2) is 0 Å². The molecule has 0 aromatic heterocycles. The Balaban J connectivity index is 0.00000320. The molecule has 0 aliphatic carbocycles. The molecule has 0 saturated carbocycles. The maximum atomic E-state index is 13.0. The van der Waals surface area contributed by atoms with E-state index in [9.17, 15) is 9.59 Å². The summed E-state index contributed by atoms with van der Waals surface area (Å²) in [5, 5.41) is 0. The van der Waals surface area contributed by atoms with Crippen molar-refractivity contribution in [1.29, 1.82) is 0 Å². The molecule has 1 aliphatic rings. The molecule has 2 aromatic carbocycles. The Bertz CT molecular complexity index is 806. The van der Waals surface area contributed by atoms with Gasteiger partial charge in [-0.2, -0.15) is 0 Å². The fraction of sp³-hybridized carbons (Fsp3) is 0.417. The summed E-state index contributed by atoms with van der Waals surface area (Å²) in [7, 11) is 1.41. The van der Waals surface area contributed by atoms with Crippen molar-refractivity contribution in [2.24, 2.45) is 0 Å². The van der Waals surface area contributed by atoms with Crippen molar-refractivity contribution >= 4 is 47.1 Å². The Morgan fingerprint density at radius 1 is 1.00 bits per heavy atom. The number of nitrogens with zero attached hydrogens (tertiary/aromatic N) is 2. The van der Waals surface area contributed by atoms with Crippen LogP contribution in [-0.4, -0.2) is 78.6 Å². The number of anilines is 1. The number of piperidine rings is 1. The summed E-state index contributed by atoms with van der Waals surface area (Å²) >= 11 is 0. The van der Waals surface area contributed by atoms with Crippen molar-refractivity contribution in [2.75, 3.05) is 31.6 Å². The minimum atomic E-state index is -0.952. The van der Waals surface area contributed by atoms with E-state index in [2.05, 4.69) is 29.2 Å². The molecule has 30 heavy (non-hydrogen) atoms. The van der Waals surface area contributed by atoms with Crippen molar-refractivity contribution in [3.8, 4) is 0 Å². The molecule has 1 aliphatic heterocycles. The predicted octanol–water partition coefficient (Wildman–Crippen LogP) is 3.03. The van der Waals surface area contributed by atoms with Crippen molar-refractivity contribution < 1.29 is 14.3 Å². The molecule has 1 fully saturated rings. The van der Waals surface area contributed by atoms with Gasteiger partial charge in [0, 0.05) is 31.7 Å². The summed E-state index contributed by atoms with van der Waals surface area (Å²) in [5.41, 5.74) is 1.11. The normalized spacial score (nSPS) is 15.7. The summed E-state index contributed by atoms with van der Waals surface area (Å²) in [4.78, 5) is 30.0. The van der Waals surface area contributed by atoms with E-state index in [1.54, 1.807) is 4.90 Å². The van der Waals surface area contributed by atoms with Crippen molar-refractivity contribution in [2.45, 2.75) is 38.1 Å². The summed E-state index contributed by atoms with van der Waals surface area (Å²) in [5.74, 6) is -0.384. The molecular weight excluding hydrogens is 387 g/mol. The van der Waals surface area contributed by atoms with Crippen LogP contribution in [-0.2, 0) is 20.7 Å². The first-order chi connectivity index (χ1) is 14.1. The molecule has 1 amide bonds. The van der Waals surface area contributed by atoms with Gasteiger partial charge in [-0.15, -0.1) is 0 Å². The fourth-order valence-corrected chi connectivity index (χ4v) is 4.15. The van der Waals surface area contributed by atoms with Crippen molar-refractivity contribution in [1.82, 2.24) is 4.90 Å². The third-order valence-corrected chi connectivity index (χ3v) is 5.80. The maximum absolute atomic E-state index is 13.0. The second kappa shape index (κ2) is 11.7. The Labute approximate surface area is 201 Å². The molecule has 5 nitrogen and oxygen atoms in total. The van der Waals surface area contributed by atoms with Crippen LogP contribution in [0.4, 0.5) is 5.69 Å². The monoisotopic (exact) mass is 418 g/mol. The van der Waals surface area contributed by atoms with Crippen LogP contribution in [0.5, 0.6) is 0 Å². The molecular formula is C24H31N2NaO3. The number of esters is 1. The number of carbonyl (C=O) groups excluding carboxylic acids is 2. The Morgan fingerprint density at radius 3 is 2.10 bits per heavy atom. The van der Waals surface area contributed by atoms with Crippen LogP contribution in [0.25, 0.3) is 0 Å². The number of methoxy groups -OCH3 is 1. The van der Waals surface area contributed by atoms with E-state index in [0.29, 0.717) is 19.3 Å². The summed E-state index contributed by atoms with van der Waals surface area (Å²) in [6.45, 7) is 4.27. The molecule has 156 valence electrons. The van der Waals surface area contributed by atoms with E-state index in [-0.39, 0.29) is 41.4 Å². The molecule has 0 radical (unpaired) electrons. The average Bonchev–Trinajstić information content (AvgIpc) is 2.79. The Morgan fingerprint density at radius 2 is 1.57 bits per heavy atom. The molecule has 0 spiro atoms. The SMILES string of the molecule is CCC(=O)N(c1ccccc1)C1(C(=O)OC)CCN(CCc2ccccc2)CC1.[NaH]. The number of rotatable bonds is 7.